The van der Waals surface area contributed by atoms with Crippen LogP contribution in [0.4, 0.5) is 13.2 Å². The fourth-order valence-electron chi connectivity index (χ4n) is 1.16. The van der Waals surface area contributed by atoms with E-state index in [0.717, 1.165) is 0 Å². The highest BCUT2D eigenvalue weighted by Gasteiger charge is 2.47. The second kappa shape index (κ2) is 6.55. The number of rotatable bonds is 6. The van der Waals surface area contributed by atoms with E-state index in [1.165, 1.54) is 0 Å². The van der Waals surface area contributed by atoms with Crippen LogP contribution in [0.1, 0.15) is 34.6 Å². The average Bonchev–Trinajstić information content (AvgIpc) is 2.21. The average molecular weight is 350 g/mol. The number of hydrogen-bond acceptors (Lipinski definition) is 4. The molecule has 0 rings (SSSR count). The molecule has 0 heterocycles. The SMILES string of the molecule is CC(COS(=O)(=O)C(F)(F)F)C(C)O[Si](C)(C)C(C)(C)C. The highest BCUT2D eigenvalue weighted by molar-refractivity contribution is 7.87. The van der Waals surface area contributed by atoms with E-state index in [9.17, 15) is 21.6 Å². The maximum Gasteiger partial charge on any atom is 0.523 e. The van der Waals surface area contributed by atoms with Crippen molar-refractivity contribution >= 4 is 18.4 Å². The van der Waals surface area contributed by atoms with Crippen LogP contribution < -0.4 is 0 Å². The second-order valence-corrected chi connectivity index (χ2v) is 13.1. The molecule has 2 unspecified atom stereocenters. The molecule has 9 heteroatoms. The highest BCUT2D eigenvalue weighted by Crippen LogP contribution is 2.38. The van der Waals surface area contributed by atoms with Crippen LogP contribution in [0.15, 0.2) is 0 Å². The first-order valence-electron chi connectivity index (χ1n) is 6.65. The summed E-state index contributed by atoms with van der Waals surface area (Å²) in [7, 11) is -7.61. The van der Waals surface area contributed by atoms with Crippen LogP contribution >= 0.6 is 0 Å². The van der Waals surface area contributed by atoms with Gasteiger partial charge in [-0.3, -0.25) is 4.18 Å². The first kappa shape index (κ1) is 20.9. The van der Waals surface area contributed by atoms with E-state index in [2.05, 4.69) is 4.18 Å². The van der Waals surface area contributed by atoms with E-state index in [0.29, 0.717) is 0 Å². The standard InChI is InChI=1S/C12H25F3O4SSi/c1-9(8-18-20(16,17)12(13,14)15)10(2)19-21(6,7)11(3,4)5/h9-10H,8H2,1-7H3. The first-order chi connectivity index (χ1) is 9.01. The minimum absolute atomic E-state index is 0.0418. The van der Waals surface area contributed by atoms with Crippen LogP contribution in [0.2, 0.25) is 18.1 Å². The largest absolute Gasteiger partial charge is 0.523 e. The Hall–Kier alpha value is -0.123. The minimum atomic E-state index is -5.54. The molecule has 0 aromatic carbocycles. The molecule has 0 amide bonds. The molecule has 128 valence electrons. The number of hydrogen-bond donors (Lipinski definition) is 0. The van der Waals surface area contributed by atoms with Gasteiger partial charge in [0.15, 0.2) is 8.32 Å². The number of halogens is 3. The van der Waals surface area contributed by atoms with Gasteiger partial charge in [-0.05, 0) is 25.1 Å². The highest BCUT2D eigenvalue weighted by atomic mass is 32.2. The van der Waals surface area contributed by atoms with Gasteiger partial charge in [-0.1, -0.05) is 27.7 Å². The zero-order valence-electron chi connectivity index (χ0n) is 13.5. The topological polar surface area (TPSA) is 52.6 Å². The van der Waals surface area contributed by atoms with Gasteiger partial charge < -0.3 is 4.43 Å². The van der Waals surface area contributed by atoms with Gasteiger partial charge in [-0.2, -0.15) is 21.6 Å². The van der Waals surface area contributed by atoms with Crippen LogP contribution in [0.5, 0.6) is 0 Å². The molecule has 0 spiro atoms. The zero-order chi connectivity index (χ0) is 17.3. The Morgan fingerprint density at radius 2 is 1.52 bits per heavy atom. The molecule has 0 saturated heterocycles. The van der Waals surface area contributed by atoms with Crippen molar-refractivity contribution in [3.05, 3.63) is 0 Å². The summed E-state index contributed by atoms with van der Waals surface area (Å²) in [6.45, 7) is 12.9. The van der Waals surface area contributed by atoms with Gasteiger partial charge in [0.05, 0.1) is 6.61 Å². The molecule has 0 aromatic heterocycles. The summed E-state index contributed by atoms with van der Waals surface area (Å²) in [6.07, 6.45) is -0.394. The van der Waals surface area contributed by atoms with Gasteiger partial charge in [0, 0.05) is 12.0 Å². The summed E-state index contributed by atoms with van der Waals surface area (Å²) in [5.74, 6) is -0.476. The lowest BCUT2D eigenvalue weighted by Gasteiger charge is -2.39. The predicted octanol–water partition coefficient (Wildman–Crippen LogP) is 3.90. The normalized spacial score (nSPS) is 17.6. The summed E-state index contributed by atoms with van der Waals surface area (Å²) in [5, 5.41) is -0.0418. The molecular formula is C12H25F3O4SSi. The molecule has 0 bridgehead atoms. The van der Waals surface area contributed by atoms with Crippen molar-refractivity contribution in [2.45, 2.75) is 64.4 Å². The molecule has 21 heavy (non-hydrogen) atoms. The molecule has 0 fully saturated rings. The Morgan fingerprint density at radius 3 is 1.86 bits per heavy atom. The van der Waals surface area contributed by atoms with Crippen molar-refractivity contribution in [3.63, 3.8) is 0 Å². The first-order valence-corrected chi connectivity index (χ1v) is 11.0. The second-order valence-electron chi connectivity index (χ2n) is 6.74. The summed E-state index contributed by atoms with van der Waals surface area (Å²) >= 11 is 0. The van der Waals surface area contributed by atoms with E-state index in [1.54, 1.807) is 13.8 Å². The van der Waals surface area contributed by atoms with Crippen molar-refractivity contribution < 1.29 is 30.2 Å². The van der Waals surface area contributed by atoms with E-state index in [-0.39, 0.29) is 5.04 Å². The molecule has 0 aliphatic rings. The third-order valence-corrected chi connectivity index (χ3v) is 9.44. The summed E-state index contributed by atoms with van der Waals surface area (Å²) in [6, 6.07) is 0. The monoisotopic (exact) mass is 350 g/mol. The third-order valence-electron chi connectivity index (χ3n) is 3.86. The Labute approximate surface area is 126 Å². The number of alkyl halides is 3. The Morgan fingerprint density at radius 1 is 1.10 bits per heavy atom. The van der Waals surface area contributed by atoms with E-state index >= 15 is 0 Å². The predicted molar refractivity (Wildman–Crippen MR) is 77.8 cm³/mol. The van der Waals surface area contributed by atoms with Gasteiger partial charge in [-0.25, -0.2) is 0 Å². The Balaban J connectivity index is 4.67. The molecule has 4 nitrogen and oxygen atoms in total. The molecule has 0 saturated carbocycles. The van der Waals surface area contributed by atoms with Gasteiger partial charge >= 0.3 is 15.6 Å². The fraction of sp³-hybridized carbons (Fsp3) is 1.00. The van der Waals surface area contributed by atoms with Crippen LogP contribution in [-0.4, -0.2) is 35.0 Å². The van der Waals surface area contributed by atoms with Crippen LogP contribution in [0.3, 0.4) is 0 Å². The lowest BCUT2D eigenvalue weighted by Crippen LogP contribution is -2.45. The summed E-state index contributed by atoms with van der Waals surface area (Å²) in [5.41, 5.74) is -5.39. The molecule has 0 aromatic rings. The minimum Gasteiger partial charge on any atom is -0.414 e. The summed E-state index contributed by atoms with van der Waals surface area (Å²) < 4.78 is 68.3. The van der Waals surface area contributed by atoms with Crippen molar-refractivity contribution in [1.82, 2.24) is 0 Å². The van der Waals surface area contributed by atoms with Crippen molar-refractivity contribution in [2.24, 2.45) is 5.92 Å². The van der Waals surface area contributed by atoms with Crippen molar-refractivity contribution in [2.75, 3.05) is 6.61 Å². The van der Waals surface area contributed by atoms with E-state index < -0.39 is 42.6 Å². The summed E-state index contributed by atoms with van der Waals surface area (Å²) in [4.78, 5) is 0. The molecule has 0 aliphatic heterocycles. The Kier molecular flexibility index (Phi) is 6.51. The zero-order valence-corrected chi connectivity index (χ0v) is 15.4. The van der Waals surface area contributed by atoms with Gasteiger partial charge in [0.2, 0.25) is 0 Å². The van der Waals surface area contributed by atoms with Crippen LogP contribution in [-0.2, 0) is 18.7 Å². The fourth-order valence-corrected chi connectivity index (χ4v) is 3.20. The Bertz CT molecular complexity index is 440. The van der Waals surface area contributed by atoms with Gasteiger partial charge in [0.25, 0.3) is 0 Å². The van der Waals surface area contributed by atoms with Crippen LogP contribution in [0.25, 0.3) is 0 Å². The van der Waals surface area contributed by atoms with Gasteiger partial charge in [0.1, 0.15) is 0 Å². The van der Waals surface area contributed by atoms with E-state index in [4.69, 9.17) is 4.43 Å². The molecule has 0 N–H and O–H groups in total. The molecule has 0 aliphatic carbocycles. The van der Waals surface area contributed by atoms with Crippen molar-refractivity contribution in [1.29, 1.82) is 0 Å². The maximum absolute atomic E-state index is 12.2. The maximum atomic E-state index is 12.2. The van der Waals surface area contributed by atoms with Gasteiger partial charge in [-0.15, -0.1) is 0 Å². The molecule has 0 radical (unpaired) electrons. The molecule has 2 atom stereocenters. The van der Waals surface area contributed by atoms with Crippen LogP contribution in [0, 0.1) is 5.92 Å². The smallest absolute Gasteiger partial charge is 0.414 e. The third kappa shape index (κ3) is 5.88. The lowest BCUT2D eigenvalue weighted by molar-refractivity contribution is -0.0558. The lowest BCUT2D eigenvalue weighted by atomic mass is 10.1. The molecular weight excluding hydrogens is 325 g/mol. The van der Waals surface area contributed by atoms with E-state index in [1.807, 2.05) is 33.9 Å². The quantitative estimate of drug-likeness (QED) is 0.414. The van der Waals surface area contributed by atoms with Crippen molar-refractivity contribution in [3.8, 4) is 0 Å².